The van der Waals surface area contributed by atoms with E-state index in [1.165, 1.54) is 36.0 Å². The highest BCUT2D eigenvalue weighted by atomic mass is 19.4. The number of esters is 1. The van der Waals surface area contributed by atoms with Crippen LogP contribution in [0.25, 0.3) is 11.1 Å². The van der Waals surface area contributed by atoms with Gasteiger partial charge in [-0.3, -0.25) is 19.3 Å². The maximum absolute atomic E-state index is 14.6. The third-order valence-corrected chi connectivity index (χ3v) is 9.83. The second kappa shape index (κ2) is 15.5. The summed E-state index contributed by atoms with van der Waals surface area (Å²) >= 11 is 0. The minimum absolute atomic E-state index is 0.0248. The van der Waals surface area contributed by atoms with Crippen molar-refractivity contribution in [3.05, 3.63) is 106 Å². The van der Waals surface area contributed by atoms with Gasteiger partial charge in [0, 0.05) is 33.0 Å². The van der Waals surface area contributed by atoms with Crippen molar-refractivity contribution in [2.75, 3.05) is 33.8 Å². The van der Waals surface area contributed by atoms with E-state index in [1.807, 2.05) is 62.4 Å². The SMILES string of the molecule is CC1=C(C)CN([C@@H](Cc2ccc(C(F)(F)F)cc2)C(=O)N(C)CC(=O)OC(C)(C)C)C(=O)[C@@H](N(C)C(=O)OCC2c3ccccc3-c3ccccc32)C1. The molecule has 5 rings (SSSR count). The summed E-state index contributed by atoms with van der Waals surface area (Å²) in [5.41, 5.74) is 4.57. The van der Waals surface area contributed by atoms with E-state index >= 15 is 0 Å². The van der Waals surface area contributed by atoms with Crippen LogP contribution in [0.5, 0.6) is 0 Å². The van der Waals surface area contributed by atoms with Crippen molar-refractivity contribution in [3.63, 3.8) is 0 Å². The molecule has 0 radical (unpaired) electrons. The Hall–Kier alpha value is -5.13. The van der Waals surface area contributed by atoms with Crippen LogP contribution in [0.15, 0.2) is 83.9 Å². The van der Waals surface area contributed by atoms with Gasteiger partial charge in [-0.1, -0.05) is 71.8 Å². The van der Waals surface area contributed by atoms with Gasteiger partial charge < -0.3 is 19.3 Å². The number of nitrogens with zero attached hydrogens (tertiary/aromatic N) is 3. The molecule has 0 fully saturated rings. The lowest BCUT2D eigenvalue weighted by molar-refractivity contribution is -0.159. The minimum atomic E-state index is -4.56. The average molecular weight is 734 g/mol. The molecule has 3 amide bonds. The lowest BCUT2D eigenvalue weighted by Gasteiger charge is -2.36. The fourth-order valence-electron chi connectivity index (χ4n) is 6.88. The number of likely N-dealkylation sites (N-methyl/N-ethyl adjacent to an activating group) is 2. The number of ether oxygens (including phenoxy) is 2. The van der Waals surface area contributed by atoms with Crippen LogP contribution in [0.1, 0.15) is 69.2 Å². The molecule has 2 atom stereocenters. The Bertz CT molecular complexity index is 1850. The van der Waals surface area contributed by atoms with Crippen LogP contribution in [-0.4, -0.2) is 90.1 Å². The smallest absolute Gasteiger partial charge is 0.416 e. The van der Waals surface area contributed by atoms with Gasteiger partial charge in [-0.15, -0.1) is 0 Å². The van der Waals surface area contributed by atoms with E-state index < -0.39 is 59.8 Å². The number of alkyl halides is 3. The van der Waals surface area contributed by atoms with E-state index in [2.05, 4.69) is 0 Å². The Morgan fingerprint density at radius 3 is 1.98 bits per heavy atom. The molecule has 12 heteroatoms. The van der Waals surface area contributed by atoms with E-state index in [-0.39, 0.29) is 31.9 Å². The molecule has 0 saturated carbocycles. The molecule has 0 unspecified atom stereocenters. The molecular formula is C41H46F3N3O6. The summed E-state index contributed by atoms with van der Waals surface area (Å²) in [4.78, 5) is 59.0. The Balaban J connectivity index is 1.41. The number of rotatable bonds is 9. The second-order valence-corrected chi connectivity index (χ2v) is 14.9. The lowest BCUT2D eigenvalue weighted by Crippen LogP contribution is -2.57. The predicted octanol–water partition coefficient (Wildman–Crippen LogP) is 7.23. The molecule has 9 nitrogen and oxygen atoms in total. The van der Waals surface area contributed by atoms with Crippen molar-refractivity contribution in [1.82, 2.24) is 14.7 Å². The zero-order chi connectivity index (χ0) is 38.8. The normalized spacial score (nSPS) is 16.8. The van der Waals surface area contributed by atoms with Crippen molar-refractivity contribution in [3.8, 4) is 11.1 Å². The number of amides is 3. The summed E-state index contributed by atoms with van der Waals surface area (Å²) in [5, 5.41) is 0. The molecule has 53 heavy (non-hydrogen) atoms. The number of hydrogen-bond donors (Lipinski definition) is 0. The number of carbonyl (C=O) groups is 4. The second-order valence-electron chi connectivity index (χ2n) is 14.9. The molecule has 0 aromatic heterocycles. The molecule has 3 aromatic rings. The largest absolute Gasteiger partial charge is 0.459 e. The molecule has 0 bridgehead atoms. The van der Waals surface area contributed by atoms with Crippen LogP contribution >= 0.6 is 0 Å². The molecule has 1 aliphatic heterocycles. The summed E-state index contributed by atoms with van der Waals surface area (Å²) in [6.45, 7) is 8.42. The summed E-state index contributed by atoms with van der Waals surface area (Å²) in [6, 6.07) is 18.0. The highest BCUT2D eigenvalue weighted by Gasteiger charge is 2.41. The van der Waals surface area contributed by atoms with E-state index in [0.29, 0.717) is 5.56 Å². The minimum Gasteiger partial charge on any atom is -0.459 e. The van der Waals surface area contributed by atoms with Gasteiger partial charge in [0.2, 0.25) is 11.8 Å². The Morgan fingerprint density at radius 1 is 0.868 bits per heavy atom. The van der Waals surface area contributed by atoms with Gasteiger partial charge in [-0.25, -0.2) is 4.79 Å². The monoisotopic (exact) mass is 733 g/mol. The van der Waals surface area contributed by atoms with Crippen LogP contribution in [-0.2, 0) is 36.5 Å². The van der Waals surface area contributed by atoms with Gasteiger partial charge in [0.25, 0.3) is 0 Å². The number of benzene rings is 3. The zero-order valence-corrected chi connectivity index (χ0v) is 31.1. The first kappa shape index (κ1) is 39.1. The molecular weight excluding hydrogens is 687 g/mol. The van der Waals surface area contributed by atoms with Crippen molar-refractivity contribution >= 4 is 23.9 Å². The first-order valence-corrected chi connectivity index (χ1v) is 17.5. The highest BCUT2D eigenvalue weighted by Crippen LogP contribution is 2.44. The maximum atomic E-state index is 14.6. The lowest BCUT2D eigenvalue weighted by atomic mass is 9.98. The van der Waals surface area contributed by atoms with Crippen molar-refractivity contribution in [2.45, 2.75) is 77.2 Å². The van der Waals surface area contributed by atoms with E-state index in [0.717, 1.165) is 50.4 Å². The van der Waals surface area contributed by atoms with Gasteiger partial charge in [0.05, 0.1) is 5.56 Å². The average Bonchev–Trinajstić information content (AvgIpc) is 3.36. The molecule has 282 valence electrons. The van der Waals surface area contributed by atoms with Crippen LogP contribution in [0, 0.1) is 0 Å². The van der Waals surface area contributed by atoms with Crippen LogP contribution < -0.4 is 0 Å². The quantitative estimate of drug-likeness (QED) is 0.170. The third kappa shape index (κ3) is 8.92. The molecule has 0 spiro atoms. The van der Waals surface area contributed by atoms with E-state index in [9.17, 15) is 32.3 Å². The summed E-state index contributed by atoms with van der Waals surface area (Å²) in [6.07, 6.45) is -5.24. The molecule has 0 N–H and O–H groups in total. The third-order valence-electron chi connectivity index (χ3n) is 9.83. The standard InChI is InChI=1S/C41H46F3N3O6/c1-25-20-34(46(7)39(51)52-24-33-31-14-10-8-12-29(31)30-13-9-11-15-32(30)33)38(50)47(22-26(25)2)35(21-27-16-18-28(19-17-27)41(42,43)44)37(49)45(6)23-36(48)53-40(3,4)5/h8-19,33-35H,20-24H2,1-7H3/t34-,35-/m0/s1. The van der Waals surface area contributed by atoms with Crippen molar-refractivity contribution in [1.29, 1.82) is 0 Å². The van der Waals surface area contributed by atoms with E-state index in [4.69, 9.17) is 9.47 Å². The molecule has 1 heterocycles. The molecule has 3 aromatic carbocycles. The maximum Gasteiger partial charge on any atom is 0.416 e. The molecule has 2 aliphatic rings. The Labute approximate surface area is 308 Å². The predicted molar refractivity (Wildman–Crippen MR) is 194 cm³/mol. The van der Waals surface area contributed by atoms with Gasteiger partial charge in [0.1, 0.15) is 30.8 Å². The highest BCUT2D eigenvalue weighted by molar-refractivity contribution is 5.93. The van der Waals surface area contributed by atoms with Crippen LogP contribution in [0.3, 0.4) is 0 Å². The summed E-state index contributed by atoms with van der Waals surface area (Å²) in [5.74, 6) is -2.01. The van der Waals surface area contributed by atoms with Crippen LogP contribution in [0.2, 0.25) is 0 Å². The Kier molecular flexibility index (Phi) is 11.4. The van der Waals surface area contributed by atoms with Gasteiger partial charge >= 0.3 is 18.2 Å². The fraction of sp³-hybridized carbons (Fsp3) is 0.415. The number of halogens is 3. The molecule has 0 saturated heterocycles. The fourth-order valence-corrected chi connectivity index (χ4v) is 6.88. The number of carbonyl (C=O) groups excluding carboxylic acids is 4. The zero-order valence-electron chi connectivity index (χ0n) is 31.1. The van der Waals surface area contributed by atoms with Crippen molar-refractivity contribution in [2.24, 2.45) is 0 Å². The van der Waals surface area contributed by atoms with Gasteiger partial charge in [0.15, 0.2) is 0 Å². The summed E-state index contributed by atoms with van der Waals surface area (Å²) < 4.78 is 51.4. The first-order valence-electron chi connectivity index (χ1n) is 17.5. The Morgan fingerprint density at radius 2 is 1.43 bits per heavy atom. The van der Waals surface area contributed by atoms with Crippen molar-refractivity contribution < 1.29 is 41.8 Å². The van der Waals surface area contributed by atoms with E-state index in [1.54, 1.807) is 20.8 Å². The summed E-state index contributed by atoms with van der Waals surface area (Å²) in [7, 11) is 2.89. The number of hydrogen-bond acceptors (Lipinski definition) is 6. The van der Waals surface area contributed by atoms with Gasteiger partial charge in [-0.05, 0) is 81.0 Å². The first-order chi connectivity index (χ1) is 24.9. The molecule has 1 aliphatic carbocycles. The van der Waals surface area contributed by atoms with Gasteiger partial charge in [-0.2, -0.15) is 13.2 Å². The van der Waals surface area contributed by atoms with Crippen LogP contribution in [0.4, 0.5) is 18.0 Å². The number of fused-ring (bicyclic) bond motifs is 3. The topological polar surface area (TPSA) is 96.5 Å².